The van der Waals surface area contributed by atoms with Crippen molar-refractivity contribution in [1.29, 1.82) is 0 Å². The number of nitrogens with two attached hydrogens (primary N) is 1. The van der Waals surface area contributed by atoms with Gasteiger partial charge in [0.15, 0.2) is 0 Å². The minimum absolute atomic E-state index is 0.133. The number of carbonyl (C=O) groups is 1. The molecule has 2 N–H and O–H groups in total. The molecule has 0 radical (unpaired) electrons. The maximum Gasteiger partial charge on any atom is 0.252 e. The van der Waals surface area contributed by atoms with Gasteiger partial charge in [-0.1, -0.05) is 42.5 Å². The van der Waals surface area contributed by atoms with Crippen molar-refractivity contribution in [3.63, 3.8) is 0 Å². The van der Waals surface area contributed by atoms with Crippen molar-refractivity contribution in [3.05, 3.63) is 65.7 Å². The molecule has 2 rings (SSSR count). The second-order valence-corrected chi connectivity index (χ2v) is 4.03. The van der Waals surface area contributed by atoms with E-state index in [0.717, 1.165) is 5.56 Å². The van der Waals surface area contributed by atoms with E-state index in [4.69, 9.17) is 10.5 Å². The van der Waals surface area contributed by atoms with Crippen molar-refractivity contribution in [3.8, 4) is 5.75 Å². The Bertz CT molecular complexity index is 537. The number of para-hydroxylation sites is 1. The normalized spacial score (nSPS) is 11.8. The highest BCUT2D eigenvalue weighted by Crippen LogP contribution is 2.24. The van der Waals surface area contributed by atoms with Gasteiger partial charge in [-0.15, -0.1) is 0 Å². The fraction of sp³-hybridized carbons (Fsp3) is 0.133. The van der Waals surface area contributed by atoms with Crippen LogP contribution in [-0.4, -0.2) is 5.91 Å². The first-order chi connectivity index (χ1) is 8.68. The Morgan fingerprint density at radius 1 is 1.06 bits per heavy atom. The Morgan fingerprint density at radius 3 is 2.33 bits per heavy atom. The third kappa shape index (κ3) is 2.69. The lowest BCUT2D eigenvalue weighted by Gasteiger charge is -2.16. The lowest BCUT2D eigenvalue weighted by atomic mass is 10.1. The topological polar surface area (TPSA) is 52.3 Å². The summed E-state index contributed by atoms with van der Waals surface area (Å²) in [5.74, 6) is 0.0345. The molecule has 0 saturated heterocycles. The Morgan fingerprint density at radius 2 is 1.67 bits per heavy atom. The van der Waals surface area contributed by atoms with Gasteiger partial charge >= 0.3 is 0 Å². The molecule has 0 unspecified atom stereocenters. The van der Waals surface area contributed by atoms with Crippen molar-refractivity contribution >= 4 is 5.91 Å². The fourth-order valence-electron chi connectivity index (χ4n) is 1.76. The van der Waals surface area contributed by atoms with Gasteiger partial charge in [-0.05, 0) is 24.6 Å². The summed E-state index contributed by atoms with van der Waals surface area (Å²) < 4.78 is 5.79. The number of hydrogen-bond donors (Lipinski definition) is 1. The summed E-state index contributed by atoms with van der Waals surface area (Å²) in [6, 6.07) is 16.8. The average molecular weight is 241 g/mol. The number of ether oxygens (including phenoxy) is 1. The molecule has 1 atom stereocenters. The van der Waals surface area contributed by atoms with Gasteiger partial charge in [0.1, 0.15) is 11.9 Å². The fourth-order valence-corrected chi connectivity index (χ4v) is 1.76. The van der Waals surface area contributed by atoms with Crippen molar-refractivity contribution in [2.45, 2.75) is 13.0 Å². The molecule has 3 nitrogen and oxygen atoms in total. The maximum absolute atomic E-state index is 11.3. The zero-order valence-electron chi connectivity index (χ0n) is 10.2. The zero-order chi connectivity index (χ0) is 13.0. The van der Waals surface area contributed by atoms with Crippen LogP contribution in [0.2, 0.25) is 0 Å². The van der Waals surface area contributed by atoms with Crippen LogP contribution in [0.3, 0.4) is 0 Å². The highest BCUT2D eigenvalue weighted by Gasteiger charge is 2.12. The molecular weight excluding hydrogens is 226 g/mol. The first kappa shape index (κ1) is 12.2. The number of rotatable bonds is 4. The van der Waals surface area contributed by atoms with Crippen LogP contribution in [0, 0.1) is 0 Å². The molecule has 92 valence electrons. The summed E-state index contributed by atoms with van der Waals surface area (Å²) in [4.78, 5) is 11.3. The third-order valence-electron chi connectivity index (χ3n) is 2.73. The van der Waals surface area contributed by atoms with E-state index in [2.05, 4.69) is 0 Å². The van der Waals surface area contributed by atoms with E-state index < -0.39 is 5.91 Å². The summed E-state index contributed by atoms with van der Waals surface area (Å²) in [7, 11) is 0. The zero-order valence-corrected chi connectivity index (χ0v) is 10.2. The third-order valence-corrected chi connectivity index (χ3v) is 2.73. The summed E-state index contributed by atoms with van der Waals surface area (Å²) >= 11 is 0. The molecule has 0 aromatic heterocycles. The molecule has 0 aliphatic rings. The maximum atomic E-state index is 11.3. The van der Waals surface area contributed by atoms with Gasteiger partial charge in [-0.25, -0.2) is 0 Å². The Kier molecular flexibility index (Phi) is 3.63. The molecule has 0 aliphatic heterocycles. The minimum atomic E-state index is -0.481. The molecule has 3 heteroatoms. The molecule has 0 bridgehead atoms. The van der Waals surface area contributed by atoms with E-state index in [9.17, 15) is 4.79 Å². The van der Waals surface area contributed by atoms with Crippen molar-refractivity contribution < 1.29 is 9.53 Å². The lowest BCUT2D eigenvalue weighted by molar-refractivity contribution is 0.0993. The Hall–Kier alpha value is -2.29. The van der Waals surface area contributed by atoms with E-state index in [1.807, 2.05) is 43.3 Å². The van der Waals surface area contributed by atoms with Crippen LogP contribution in [0.5, 0.6) is 5.75 Å². The van der Waals surface area contributed by atoms with Gasteiger partial charge < -0.3 is 10.5 Å². The van der Waals surface area contributed by atoms with Crippen molar-refractivity contribution in [2.24, 2.45) is 5.73 Å². The molecule has 1 amide bonds. The minimum Gasteiger partial charge on any atom is -0.485 e. The predicted octanol–water partition coefficient (Wildman–Crippen LogP) is 2.93. The Balaban J connectivity index is 2.22. The van der Waals surface area contributed by atoms with Gasteiger partial charge in [-0.3, -0.25) is 4.79 Å². The SMILES string of the molecule is C[C@H](Oc1ccccc1C(N)=O)c1ccccc1. The van der Waals surface area contributed by atoms with E-state index in [0.29, 0.717) is 11.3 Å². The largest absolute Gasteiger partial charge is 0.485 e. The Labute approximate surface area is 106 Å². The summed E-state index contributed by atoms with van der Waals surface area (Å²) in [6.07, 6.45) is -0.133. The van der Waals surface area contributed by atoms with Gasteiger partial charge in [-0.2, -0.15) is 0 Å². The van der Waals surface area contributed by atoms with E-state index in [1.165, 1.54) is 0 Å². The van der Waals surface area contributed by atoms with Gasteiger partial charge in [0.25, 0.3) is 5.91 Å². The standard InChI is InChI=1S/C15H15NO2/c1-11(12-7-3-2-4-8-12)18-14-10-6-5-9-13(14)15(16)17/h2-11H,1H3,(H2,16,17)/t11-/m0/s1. The van der Waals surface area contributed by atoms with E-state index in [1.54, 1.807) is 18.2 Å². The van der Waals surface area contributed by atoms with Crippen LogP contribution in [0.1, 0.15) is 28.9 Å². The van der Waals surface area contributed by atoms with Crippen LogP contribution >= 0.6 is 0 Å². The van der Waals surface area contributed by atoms with Crippen molar-refractivity contribution in [1.82, 2.24) is 0 Å². The second kappa shape index (κ2) is 5.36. The predicted molar refractivity (Wildman–Crippen MR) is 70.4 cm³/mol. The summed E-state index contributed by atoms with van der Waals surface area (Å²) in [5, 5.41) is 0. The highest BCUT2D eigenvalue weighted by atomic mass is 16.5. The van der Waals surface area contributed by atoms with E-state index >= 15 is 0 Å². The molecule has 18 heavy (non-hydrogen) atoms. The number of carbonyl (C=O) groups excluding carboxylic acids is 1. The van der Waals surface area contributed by atoms with Crippen LogP contribution < -0.4 is 10.5 Å². The first-order valence-electron chi connectivity index (χ1n) is 5.79. The van der Waals surface area contributed by atoms with Crippen LogP contribution in [0.4, 0.5) is 0 Å². The molecule has 2 aromatic carbocycles. The van der Waals surface area contributed by atoms with Crippen LogP contribution in [-0.2, 0) is 0 Å². The highest BCUT2D eigenvalue weighted by molar-refractivity contribution is 5.95. The van der Waals surface area contributed by atoms with Gasteiger partial charge in [0.05, 0.1) is 5.56 Å². The van der Waals surface area contributed by atoms with Gasteiger partial charge in [0.2, 0.25) is 0 Å². The summed E-state index contributed by atoms with van der Waals surface area (Å²) in [6.45, 7) is 1.94. The van der Waals surface area contributed by atoms with Crippen molar-refractivity contribution in [2.75, 3.05) is 0 Å². The molecule has 0 aliphatic carbocycles. The number of primary amides is 1. The molecule has 0 heterocycles. The van der Waals surface area contributed by atoms with Gasteiger partial charge in [0, 0.05) is 0 Å². The van der Waals surface area contributed by atoms with Crippen LogP contribution in [0.25, 0.3) is 0 Å². The number of amides is 1. The first-order valence-corrected chi connectivity index (χ1v) is 5.79. The monoisotopic (exact) mass is 241 g/mol. The van der Waals surface area contributed by atoms with E-state index in [-0.39, 0.29) is 6.10 Å². The number of hydrogen-bond acceptors (Lipinski definition) is 2. The molecule has 2 aromatic rings. The smallest absolute Gasteiger partial charge is 0.252 e. The molecule has 0 saturated carbocycles. The average Bonchev–Trinajstić information content (AvgIpc) is 2.40. The quantitative estimate of drug-likeness (QED) is 0.894. The molecule has 0 fully saturated rings. The number of benzene rings is 2. The molecule has 0 spiro atoms. The summed E-state index contributed by atoms with van der Waals surface area (Å²) in [5.41, 5.74) is 6.77. The molecular formula is C15H15NO2. The second-order valence-electron chi connectivity index (χ2n) is 4.03. The lowest BCUT2D eigenvalue weighted by Crippen LogP contribution is -2.14. The van der Waals surface area contributed by atoms with Crippen LogP contribution in [0.15, 0.2) is 54.6 Å².